The zero-order chi connectivity index (χ0) is 24.7. The number of H-pyrrole nitrogens is 1. The molecular weight excluding hydrogens is 454 g/mol. The Bertz CT molecular complexity index is 1330. The summed E-state index contributed by atoms with van der Waals surface area (Å²) in [5.74, 6) is 0.507. The van der Waals surface area contributed by atoms with Crippen LogP contribution >= 0.6 is 0 Å². The molecule has 0 atom stereocenters. The van der Waals surface area contributed by atoms with Crippen LogP contribution in [-0.4, -0.2) is 82.7 Å². The van der Waals surface area contributed by atoms with Gasteiger partial charge in [0.2, 0.25) is 0 Å². The Labute approximate surface area is 210 Å². The van der Waals surface area contributed by atoms with Crippen molar-refractivity contribution in [3.05, 3.63) is 77.2 Å². The molecule has 1 saturated heterocycles. The average Bonchev–Trinajstić information content (AvgIpc) is 2.92. The number of nitrogens with one attached hydrogen (secondary N) is 2. The lowest BCUT2D eigenvalue weighted by Crippen LogP contribution is -2.47. The quantitative estimate of drug-likeness (QED) is 0.373. The number of benzene rings is 1. The highest BCUT2D eigenvalue weighted by Gasteiger charge is 2.16. The molecule has 3 aromatic heterocycles. The van der Waals surface area contributed by atoms with Crippen LogP contribution in [0.2, 0.25) is 0 Å². The van der Waals surface area contributed by atoms with Crippen LogP contribution in [0, 0.1) is 0 Å². The maximum Gasteiger partial charge on any atom is 0.259 e. The molecule has 2 N–H and O–H groups in total. The highest BCUT2D eigenvalue weighted by molar-refractivity contribution is 5.95. The largest absolute Gasteiger partial charge is 0.383 e. The molecule has 9 heteroatoms. The van der Waals surface area contributed by atoms with E-state index in [1.807, 2.05) is 24.3 Å². The summed E-state index contributed by atoms with van der Waals surface area (Å²) in [6.45, 7) is 7.25. The smallest absolute Gasteiger partial charge is 0.259 e. The van der Waals surface area contributed by atoms with E-state index in [2.05, 4.69) is 42.2 Å². The van der Waals surface area contributed by atoms with Crippen LogP contribution in [0.4, 0.5) is 11.5 Å². The van der Waals surface area contributed by atoms with E-state index in [4.69, 9.17) is 9.72 Å². The Morgan fingerprint density at radius 3 is 2.44 bits per heavy atom. The summed E-state index contributed by atoms with van der Waals surface area (Å²) in [4.78, 5) is 33.3. The first-order valence-corrected chi connectivity index (χ1v) is 12.3. The molecule has 0 spiro atoms. The summed E-state index contributed by atoms with van der Waals surface area (Å²) in [5, 5.41) is 4.67. The molecule has 0 saturated carbocycles. The number of methoxy groups -OCH3 is 1. The summed E-state index contributed by atoms with van der Waals surface area (Å²) in [6, 6.07) is 12.1. The topological polar surface area (TPSA) is 99.3 Å². The van der Waals surface area contributed by atoms with Gasteiger partial charge in [0.25, 0.3) is 5.56 Å². The molecule has 0 aliphatic carbocycles. The number of hydrogen-bond acceptors (Lipinski definition) is 8. The summed E-state index contributed by atoms with van der Waals surface area (Å²) < 4.78 is 5.19. The minimum Gasteiger partial charge on any atom is -0.383 e. The molecule has 1 aliphatic rings. The van der Waals surface area contributed by atoms with E-state index < -0.39 is 0 Å². The highest BCUT2D eigenvalue weighted by atomic mass is 16.5. The Balaban J connectivity index is 1.27. The molecule has 4 aromatic rings. The standard InChI is InChI=1S/C27H31N7O2/c1-36-15-14-34-12-10-33(11-13-34)9-7-20-2-4-23(5-3-20)31-26-25-21(6-8-30-27(25)35)16-24(32-26)22-17-28-19-29-18-22/h2-6,8,16-19H,7,9-15H2,1H3,(H,30,35)(H,31,32). The summed E-state index contributed by atoms with van der Waals surface area (Å²) in [5.41, 5.74) is 3.47. The van der Waals surface area contributed by atoms with Crippen LogP contribution in [-0.2, 0) is 11.2 Å². The molecule has 186 valence electrons. The van der Waals surface area contributed by atoms with Gasteiger partial charge in [-0.25, -0.2) is 15.0 Å². The third-order valence-electron chi connectivity index (χ3n) is 6.62. The van der Waals surface area contributed by atoms with Gasteiger partial charge in [0.15, 0.2) is 0 Å². The van der Waals surface area contributed by atoms with Crippen LogP contribution in [0.15, 0.2) is 66.1 Å². The minimum atomic E-state index is -0.183. The first-order chi connectivity index (χ1) is 17.7. The molecule has 1 fully saturated rings. The Morgan fingerprint density at radius 1 is 1.00 bits per heavy atom. The van der Waals surface area contributed by atoms with E-state index in [0.29, 0.717) is 16.9 Å². The number of aromatic nitrogens is 4. The Kier molecular flexibility index (Phi) is 7.61. The fourth-order valence-electron chi connectivity index (χ4n) is 4.52. The summed E-state index contributed by atoms with van der Waals surface area (Å²) >= 11 is 0. The fourth-order valence-corrected chi connectivity index (χ4v) is 4.52. The van der Waals surface area contributed by atoms with Crippen LogP contribution in [0.5, 0.6) is 0 Å². The van der Waals surface area contributed by atoms with Crippen molar-refractivity contribution in [1.82, 2.24) is 29.7 Å². The summed E-state index contributed by atoms with van der Waals surface area (Å²) in [7, 11) is 1.76. The molecule has 0 radical (unpaired) electrons. The number of fused-ring (bicyclic) bond motifs is 1. The van der Waals surface area contributed by atoms with Crippen molar-refractivity contribution in [1.29, 1.82) is 0 Å². The van der Waals surface area contributed by atoms with Crippen molar-refractivity contribution < 1.29 is 4.74 Å². The number of anilines is 2. The fraction of sp³-hybridized carbons (Fsp3) is 0.333. The van der Waals surface area contributed by atoms with Gasteiger partial charge in [-0.2, -0.15) is 0 Å². The van der Waals surface area contributed by atoms with Crippen LogP contribution in [0.1, 0.15) is 5.56 Å². The molecule has 0 amide bonds. The van der Waals surface area contributed by atoms with Gasteiger partial charge in [0.05, 0.1) is 17.7 Å². The molecule has 5 rings (SSSR count). The van der Waals surface area contributed by atoms with Gasteiger partial charge in [-0.1, -0.05) is 12.1 Å². The van der Waals surface area contributed by atoms with Crippen molar-refractivity contribution in [3.63, 3.8) is 0 Å². The number of pyridine rings is 2. The number of hydrogen-bond donors (Lipinski definition) is 2. The lowest BCUT2D eigenvalue weighted by molar-refractivity contribution is 0.0976. The van der Waals surface area contributed by atoms with Gasteiger partial charge in [-0.05, 0) is 41.6 Å². The predicted molar refractivity (Wildman–Crippen MR) is 142 cm³/mol. The third kappa shape index (κ3) is 5.76. The lowest BCUT2D eigenvalue weighted by atomic mass is 10.1. The number of rotatable bonds is 9. The molecule has 9 nitrogen and oxygen atoms in total. The second-order valence-corrected chi connectivity index (χ2v) is 9.00. The van der Waals surface area contributed by atoms with Crippen molar-refractivity contribution in [2.75, 3.05) is 58.3 Å². The van der Waals surface area contributed by atoms with Gasteiger partial charge in [-0.3, -0.25) is 9.69 Å². The monoisotopic (exact) mass is 485 g/mol. The lowest BCUT2D eigenvalue weighted by Gasteiger charge is -2.34. The SMILES string of the molecule is COCCN1CCN(CCc2ccc(Nc3nc(-c4cncnc4)cc4cc[nH]c(=O)c34)cc2)CC1. The minimum absolute atomic E-state index is 0.183. The molecule has 0 unspecified atom stereocenters. The normalized spacial score (nSPS) is 14.8. The number of aromatic amines is 1. The van der Waals surface area contributed by atoms with Gasteiger partial charge in [0, 0.05) is 76.2 Å². The van der Waals surface area contributed by atoms with E-state index in [0.717, 1.165) is 68.9 Å². The zero-order valence-corrected chi connectivity index (χ0v) is 20.5. The number of piperazine rings is 1. The van der Waals surface area contributed by atoms with Crippen molar-refractivity contribution in [2.45, 2.75) is 6.42 Å². The Morgan fingerprint density at radius 2 is 1.72 bits per heavy atom. The average molecular weight is 486 g/mol. The van der Waals surface area contributed by atoms with Crippen LogP contribution in [0.25, 0.3) is 22.0 Å². The van der Waals surface area contributed by atoms with Crippen molar-refractivity contribution in [2.24, 2.45) is 0 Å². The summed E-state index contributed by atoms with van der Waals surface area (Å²) in [6.07, 6.45) is 7.56. The van der Waals surface area contributed by atoms with Gasteiger partial charge in [-0.15, -0.1) is 0 Å². The van der Waals surface area contributed by atoms with Gasteiger partial charge >= 0.3 is 0 Å². The predicted octanol–water partition coefficient (Wildman–Crippen LogP) is 2.93. The molecule has 1 aliphatic heterocycles. The molecular formula is C27H31N7O2. The molecule has 1 aromatic carbocycles. The van der Waals surface area contributed by atoms with E-state index in [1.165, 1.54) is 11.9 Å². The number of nitrogens with zero attached hydrogens (tertiary/aromatic N) is 5. The number of ether oxygens (including phenoxy) is 1. The zero-order valence-electron chi connectivity index (χ0n) is 20.5. The molecule has 36 heavy (non-hydrogen) atoms. The first kappa shape index (κ1) is 24.1. The first-order valence-electron chi connectivity index (χ1n) is 12.3. The van der Waals surface area contributed by atoms with E-state index in [1.54, 1.807) is 25.7 Å². The third-order valence-corrected chi connectivity index (χ3v) is 6.62. The maximum atomic E-state index is 12.6. The van der Waals surface area contributed by atoms with Crippen LogP contribution in [0.3, 0.4) is 0 Å². The van der Waals surface area contributed by atoms with Gasteiger partial charge < -0.3 is 19.9 Å². The van der Waals surface area contributed by atoms with E-state index in [9.17, 15) is 4.79 Å². The van der Waals surface area contributed by atoms with Crippen molar-refractivity contribution in [3.8, 4) is 11.3 Å². The van der Waals surface area contributed by atoms with E-state index in [-0.39, 0.29) is 5.56 Å². The van der Waals surface area contributed by atoms with E-state index >= 15 is 0 Å². The highest BCUT2D eigenvalue weighted by Crippen LogP contribution is 2.27. The Hall–Kier alpha value is -3.66. The second kappa shape index (κ2) is 11.4. The molecule has 4 heterocycles. The van der Waals surface area contributed by atoms with Crippen molar-refractivity contribution >= 4 is 22.3 Å². The molecule has 0 bridgehead atoms. The van der Waals surface area contributed by atoms with Gasteiger partial charge in [0.1, 0.15) is 12.1 Å². The maximum absolute atomic E-state index is 12.6. The van der Waals surface area contributed by atoms with Crippen LogP contribution < -0.4 is 10.9 Å². The second-order valence-electron chi connectivity index (χ2n) is 9.00.